The molecular formula is C27H23NO3. The summed E-state index contributed by atoms with van der Waals surface area (Å²) < 4.78 is 5.78. The lowest BCUT2D eigenvalue weighted by Crippen LogP contribution is -2.26. The fourth-order valence-electron chi connectivity index (χ4n) is 3.54. The molecule has 4 aromatic carbocycles. The van der Waals surface area contributed by atoms with Crippen molar-refractivity contribution in [3.63, 3.8) is 0 Å². The van der Waals surface area contributed by atoms with Gasteiger partial charge in [0, 0.05) is 11.3 Å². The molecular weight excluding hydrogens is 386 g/mol. The summed E-state index contributed by atoms with van der Waals surface area (Å²) in [5, 5.41) is 4.65. The first-order valence-electron chi connectivity index (χ1n) is 10.1. The quantitative estimate of drug-likeness (QED) is 0.412. The molecule has 0 fully saturated rings. The van der Waals surface area contributed by atoms with Gasteiger partial charge in [0.1, 0.15) is 0 Å². The van der Waals surface area contributed by atoms with E-state index in [0.717, 1.165) is 21.9 Å². The standard InChI is InChI=1S/C27H23NO3/c1-18-15-16-19(2)24(17-18)28-26(29)25(21-10-4-3-5-11-21)31-27(30)23-14-8-12-20-9-6-7-13-22(20)23/h3-17,25H,1-2H3,(H,28,29)/t25-/m1/s1. The van der Waals surface area contributed by atoms with Gasteiger partial charge in [-0.25, -0.2) is 4.79 Å². The maximum Gasteiger partial charge on any atom is 0.339 e. The van der Waals surface area contributed by atoms with Crippen LogP contribution in [0.25, 0.3) is 10.8 Å². The maximum absolute atomic E-state index is 13.2. The lowest BCUT2D eigenvalue weighted by Gasteiger charge is -2.19. The van der Waals surface area contributed by atoms with Crippen LogP contribution >= 0.6 is 0 Å². The molecule has 1 atom stereocenters. The van der Waals surface area contributed by atoms with Gasteiger partial charge in [0.15, 0.2) is 0 Å². The van der Waals surface area contributed by atoms with Crippen molar-refractivity contribution < 1.29 is 14.3 Å². The number of hydrogen-bond acceptors (Lipinski definition) is 3. The van der Waals surface area contributed by atoms with E-state index >= 15 is 0 Å². The van der Waals surface area contributed by atoms with E-state index in [0.29, 0.717) is 16.8 Å². The number of aryl methyl sites for hydroxylation is 2. The minimum atomic E-state index is -1.08. The predicted octanol–water partition coefficient (Wildman–Crippen LogP) is 5.99. The molecule has 1 N–H and O–H groups in total. The van der Waals surface area contributed by atoms with E-state index in [1.165, 1.54) is 0 Å². The lowest BCUT2D eigenvalue weighted by atomic mass is 10.0. The van der Waals surface area contributed by atoms with Crippen molar-refractivity contribution in [1.82, 2.24) is 0 Å². The van der Waals surface area contributed by atoms with Gasteiger partial charge in [-0.05, 0) is 47.9 Å². The summed E-state index contributed by atoms with van der Waals surface area (Å²) in [6.45, 7) is 3.89. The molecule has 1 amide bonds. The number of fused-ring (bicyclic) bond motifs is 1. The number of benzene rings is 4. The third-order valence-corrected chi connectivity index (χ3v) is 5.23. The summed E-state index contributed by atoms with van der Waals surface area (Å²) in [5.41, 5.74) is 3.71. The Hall–Kier alpha value is -3.92. The summed E-state index contributed by atoms with van der Waals surface area (Å²) in [5.74, 6) is -0.935. The molecule has 4 rings (SSSR count). The number of anilines is 1. The molecule has 0 aliphatic carbocycles. The highest BCUT2D eigenvalue weighted by Crippen LogP contribution is 2.26. The van der Waals surface area contributed by atoms with E-state index in [1.807, 2.05) is 86.6 Å². The Kier molecular flexibility index (Phi) is 5.80. The Morgan fingerprint density at radius 1 is 0.806 bits per heavy atom. The highest BCUT2D eigenvalue weighted by molar-refractivity contribution is 6.06. The molecule has 0 unspecified atom stereocenters. The third-order valence-electron chi connectivity index (χ3n) is 5.23. The van der Waals surface area contributed by atoms with Crippen molar-refractivity contribution in [2.75, 3.05) is 5.32 Å². The summed E-state index contributed by atoms with van der Waals surface area (Å²) in [4.78, 5) is 26.3. The number of ether oxygens (including phenoxy) is 1. The zero-order valence-electron chi connectivity index (χ0n) is 17.5. The first kappa shape index (κ1) is 20.4. The van der Waals surface area contributed by atoms with E-state index < -0.39 is 18.0 Å². The van der Waals surface area contributed by atoms with E-state index in [9.17, 15) is 9.59 Å². The lowest BCUT2D eigenvalue weighted by molar-refractivity contribution is -0.125. The van der Waals surface area contributed by atoms with Crippen molar-refractivity contribution in [2.45, 2.75) is 20.0 Å². The average molecular weight is 409 g/mol. The van der Waals surface area contributed by atoms with Crippen LogP contribution in [-0.4, -0.2) is 11.9 Å². The van der Waals surface area contributed by atoms with E-state index in [2.05, 4.69) is 5.32 Å². The SMILES string of the molecule is Cc1ccc(C)c(NC(=O)[C@H](OC(=O)c2cccc3ccccc23)c2ccccc2)c1. The van der Waals surface area contributed by atoms with Crippen molar-refractivity contribution in [2.24, 2.45) is 0 Å². The van der Waals surface area contributed by atoms with Crippen molar-refractivity contribution in [3.05, 3.63) is 113 Å². The molecule has 154 valence electrons. The van der Waals surface area contributed by atoms with Crippen LogP contribution in [0.4, 0.5) is 5.69 Å². The van der Waals surface area contributed by atoms with Gasteiger partial charge >= 0.3 is 5.97 Å². The summed E-state index contributed by atoms with van der Waals surface area (Å²) in [7, 11) is 0. The molecule has 0 radical (unpaired) electrons. The second-order valence-electron chi connectivity index (χ2n) is 7.53. The number of hydrogen-bond donors (Lipinski definition) is 1. The molecule has 0 bridgehead atoms. The van der Waals surface area contributed by atoms with E-state index in [4.69, 9.17) is 4.74 Å². The zero-order valence-corrected chi connectivity index (χ0v) is 17.5. The van der Waals surface area contributed by atoms with Crippen LogP contribution in [-0.2, 0) is 9.53 Å². The van der Waals surface area contributed by atoms with Crippen molar-refractivity contribution in [3.8, 4) is 0 Å². The van der Waals surface area contributed by atoms with Crippen LogP contribution in [0, 0.1) is 13.8 Å². The number of carbonyl (C=O) groups is 2. The highest BCUT2D eigenvalue weighted by Gasteiger charge is 2.26. The number of esters is 1. The van der Waals surface area contributed by atoms with Crippen LogP contribution < -0.4 is 5.32 Å². The van der Waals surface area contributed by atoms with Crippen molar-refractivity contribution in [1.29, 1.82) is 0 Å². The smallest absolute Gasteiger partial charge is 0.339 e. The number of rotatable bonds is 5. The van der Waals surface area contributed by atoms with Gasteiger partial charge in [0.25, 0.3) is 5.91 Å². The molecule has 0 aromatic heterocycles. The molecule has 0 heterocycles. The average Bonchev–Trinajstić information content (AvgIpc) is 2.79. The van der Waals surface area contributed by atoms with Gasteiger partial charge in [-0.2, -0.15) is 0 Å². The Morgan fingerprint density at radius 2 is 1.52 bits per heavy atom. The van der Waals surface area contributed by atoms with Gasteiger partial charge in [-0.3, -0.25) is 4.79 Å². The second-order valence-corrected chi connectivity index (χ2v) is 7.53. The summed E-state index contributed by atoms with van der Waals surface area (Å²) >= 11 is 0. The molecule has 31 heavy (non-hydrogen) atoms. The highest BCUT2D eigenvalue weighted by atomic mass is 16.5. The first-order valence-corrected chi connectivity index (χ1v) is 10.1. The molecule has 0 aliphatic heterocycles. The summed E-state index contributed by atoms with van der Waals surface area (Å²) in [6.07, 6.45) is -1.08. The zero-order chi connectivity index (χ0) is 21.8. The summed E-state index contributed by atoms with van der Waals surface area (Å²) in [6, 6.07) is 28.0. The van der Waals surface area contributed by atoms with Gasteiger partial charge in [0.2, 0.25) is 6.10 Å². The molecule has 0 spiro atoms. The third kappa shape index (κ3) is 4.48. The van der Waals surface area contributed by atoms with Gasteiger partial charge in [0.05, 0.1) is 5.56 Å². The maximum atomic E-state index is 13.2. The largest absolute Gasteiger partial charge is 0.444 e. The normalized spacial score (nSPS) is 11.7. The monoisotopic (exact) mass is 409 g/mol. The van der Waals surface area contributed by atoms with Gasteiger partial charge in [-0.15, -0.1) is 0 Å². The molecule has 4 nitrogen and oxygen atoms in total. The number of nitrogens with one attached hydrogen (secondary N) is 1. The van der Waals surface area contributed by atoms with Crippen LogP contribution in [0.15, 0.2) is 91.0 Å². The molecule has 0 aliphatic rings. The van der Waals surface area contributed by atoms with Crippen LogP contribution in [0.5, 0.6) is 0 Å². The predicted molar refractivity (Wildman–Crippen MR) is 123 cm³/mol. The Bertz CT molecular complexity index is 1240. The minimum absolute atomic E-state index is 0.395. The topological polar surface area (TPSA) is 55.4 Å². The van der Waals surface area contributed by atoms with Crippen molar-refractivity contribution >= 4 is 28.3 Å². The fraction of sp³-hybridized carbons (Fsp3) is 0.111. The van der Waals surface area contributed by atoms with E-state index in [1.54, 1.807) is 18.2 Å². The second kappa shape index (κ2) is 8.84. The van der Waals surface area contributed by atoms with Crippen LogP contribution in [0.2, 0.25) is 0 Å². The van der Waals surface area contributed by atoms with Crippen LogP contribution in [0.1, 0.15) is 33.2 Å². The molecule has 4 aromatic rings. The molecule has 4 heteroatoms. The number of amides is 1. The fourth-order valence-corrected chi connectivity index (χ4v) is 3.54. The van der Waals surface area contributed by atoms with Crippen LogP contribution in [0.3, 0.4) is 0 Å². The molecule has 0 saturated heterocycles. The van der Waals surface area contributed by atoms with Gasteiger partial charge < -0.3 is 10.1 Å². The Balaban J connectivity index is 1.66. The Morgan fingerprint density at radius 3 is 2.32 bits per heavy atom. The first-order chi connectivity index (χ1) is 15.0. The minimum Gasteiger partial charge on any atom is -0.444 e. The van der Waals surface area contributed by atoms with E-state index in [-0.39, 0.29) is 0 Å². The Labute approximate surface area is 181 Å². The van der Waals surface area contributed by atoms with Gasteiger partial charge in [-0.1, -0.05) is 78.9 Å². The number of carbonyl (C=O) groups excluding carboxylic acids is 2. The molecule has 0 saturated carbocycles.